The highest BCUT2D eigenvalue weighted by Gasteiger charge is 2.38. The molecule has 2 aromatic rings. The van der Waals surface area contributed by atoms with E-state index < -0.39 is 0 Å². The van der Waals surface area contributed by atoms with Gasteiger partial charge in [0.1, 0.15) is 0 Å². The van der Waals surface area contributed by atoms with E-state index in [1.54, 1.807) is 30.3 Å². The molecule has 2 aliphatic heterocycles. The Morgan fingerprint density at radius 1 is 1.26 bits per heavy atom. The zero-order chi connectivity index (χ0) is 19.0. The van der Waals surface area contributed by atoms with E-state index in [4.69, 9.17) is 4.42 Å². The van der Waals surface area contributed by atoms with Gasteiger partial charge in [-0.25, -0.2) is 0 Å². The first-order valence-corrected chi connectivity index (χ1v) is 9.06. The largest absolute Gasteiger partial charge is 0.459 e. The van der Waals surface area contributed by atoms with Crippen LogP contribution in [0.3, 0.4) is 0 Å². The smallest absolute Gasteiger partial charge is 0.291 e. The summed E-state index contributed by atoms with van der Waals surface area (Å²) >= 11 is 0. The molecule has 2 fully saturated rings. The van der Waals surface area contributed by atoms with Gasteiger partial charge < -0.3 is 20.0 Å². The molecule has 4 rings (SSSR count). The predicted molar refractivity (Wildman–Crippen MR) is 98.4 cm³/mol. The number of hydrogen-bond donors (Lipinski definition) is 2. The normalized spacial score (nSPS) is 21.5. The lowest BCUT2D eigenvalue weighted by atomic mass is 9.92. The Balaban J connectivity index is 1.51. The van der Waals surface area contributed by atoms with Gasteiger partial charge in [0.2, 0.25) is 5.91 Å². The van der Waals surface area contributed by atoms with E-state index in [2.05, 4.69) is 10.6 Å². The third-order valence-corrected chi connectivity index (χ3v) is 5.37. The van der Waals surface area contributed by atoms with Gasteiger partial charge in [-0.2, -0.15) is 0 Å². The van der Waals surface area contributed by atoms with E-state index in [9.17, 15) is 14.4 Å². The molecule has 7 heteroatoms. The number of amides is 3. The number of fused-ring (bicyclic) bond motifs is 1. The lowest BCUT2D eigenvalue weighted by Gasteiger charge is -2.34. The van der Waals surface area contributed by atoms with Crippen LogP contribution < -0.4 is 10.6 Å². The standard InChI is InChI=1S/C20H21N3O4/c1-12-14(4-2-5-15(12)22-19(25)17-6-3-9-27-17)20(26)23-8-7-16-13(11-23)10-18(24)21-16/h2-6,9,13,16H,7-8,10-11H2,1H3,(H,21,24)(H,22,25)/t13-,16+/m1/s1. The second kappa shape index (κ2) is 6.90. The molecule has 2 saturated heterocycles. The van der Waals surface area contributed by atoms with Crippen LogP contribution in [0.5, 0.6) is 0 Å². The Morgan fingerprint density at radius 3 is 2.89 bits per heavy atom. The van der Waals surface area contributed by atoms with E-state index in [1.165, 1.54) is 6.26 Å². The minimum Gasteiger partial charge on any atom is -0.459 e. The van der Waals surface area contributed by atoms with Gasteiger partial charge in [-0.3, -0.25) is 14.4 Å². The maximum atomic E-state index is 13.0. The average Bonchev–Trinajstić information content (AvgIpc) is 3.30. The van der Waals surface area contributed by atoms with Gasteiger partial charge in [-0.1, -0.05) is 6.07 Å². The highest BCUT2D eigenvalue weighted by Crippen LogP contribution is 2.28. The molecule has 1 aromatic carbocycles. The molecular weight excluding hydrogens is 346 g/mol. The molecule has 2 aliphatic rings. The summed E-state index contributed by atoms with van der Waals surface area (Å²) in [7, 11) is 0. The predicted octanol–water partition coefficient (Wildman–Crippen LogP) is 2.19. The second-order valence-electron chi connectivity index (χ2n) is 7.09. The van der Waals surface area contributed by atoms with Crippen molar-refractivity contribution in [1.82, 2.24) is 10.2 Å². The van der Waals surface area contributed by atoms with E-state index >= 15 is 0 Å². The summed E-state index contributed by atoms with van der Waals surface area (Å²) < 4.78 is 5.11. The van der Waals surface area contributed by atoms with Gasteiger partial charge in [0, 0.05) is 42.7 Å². The number of hydrogen-bond acceptors (Lipinski definition) is 4. The number of furan rings is 1. The number of nitrogens with zero attached hydrogens (tertiary/aromatic N) is 1. The molecule has 3 heterocycles. The second-order valence-corrected chi connectivity index (χ2v) is 7.09. The molecule has 140 valence electrons. The molecule has 0 aliphatic carbocycles. The van der Waals surface area contributed by atoms with Crippen LogP contribution in [0.2, 0.25) is 0 Å². The van der Waals surface area contributed by atoms with Gasteiger partial charge in [0.25, 0.3) is 11.8 Å². The van der Waals surface area contributed by atoms with Crippen molar-refractivity contribution in [2.75, 3.05) is 18.4 Å². The fourth-order valence-electron chi connectivity index (χ4n) is 3.88. The number of likely N-dealkylation sites (tertiary alicyclic amines) is 1. The van der Waals surface area contributed by atoms with Crippen LogP contribution in [0, 0.1) is 12.8 Å². The maximum absolute atomic E-state index is 13.0. The topological polar surface area (TPSA) is 91.7 Å². The van der Waals surface area contributed by atoms with Gasteiger partial charge in [0.05, 0.1) is 6.26 Å². The van der Waals surface area contributed by atoms with Crippen molar-refractivity contribution in [2.45, 2.75) is 25.8 Å². The zero-order valence-corrected chi connectivity index (χ0v) is 15.0. The third kappa shape index (κ3) is 3.32. The fourth-order valence-corrected chi connectivity index (χ4v) is 3.88. The first kappa shape index (κ1) is 17.3. The molecular formula is C20H21N3O4. The van der Waals surface area contributed by atoms with E-state index in [-0.39, 0.29) is 35.4 Å². The number of nitrogens with one attached hydrogen (secondary N) is 2. The summed E-state index contributed by atoms with van der Waals surface area (Å²) in [4.78, 5) is 38.7. The number of rotatable bonds is 3. The molecule has 27 heavy (non-hydrogen) atoms. The van der Waals surface area contributed by atoms with E-state index in [0.29, 0.717) is 36.3 Å². The SMILES string of the molecule is Cc1c(NC(=O)c2ccco2)cccc1C(=O)N1CC[C@@H]2NC(=O)C[C@@H]2C1. The molecule has 3 amide bonds. The summed E-state index contributed by atoms with van der Waals surface area (Å²) in [5, 5.41) is 5.77. The molecule has 0 radical (unpaired) electrons. The van der Waals surface area contributed by atoms with E-state index in [1.807, 2.05) is 11.8 Å². The monoisotopic (exact) mass is 367 g/mol. The van der Waals surface area contributed by atoms with Gasteiger partial charge >= 0.3 is 0 Å². The van der Waals surface area contributed by atoms with Gasteiger partial charge in [-0.15, -0.1) is 0 Å². The van der Waals surface area contributed by atoms with Crippen LogP contribution in [0.25, 0.3) is 0 Å². The van der Waals surface area contributed by atoms with Crippen molar-refractivity contribution in [2.24, 2.45) is 5.92 Å². The number of carbonyl (C=O) groups is 3. The molecule has 0 saturated carbocycles. The zero-order valence-electron chi connectivity index (χ0n) is 15.0. The minimum atomic E-state index is -0.357. The summed E-state index contributed by atoms with van der Waals surface area (Å²) in [5.41, 5.74) is 1.85. The van der Waals surface area contributed by atoms with Crippen molar-refractivity contribution >= 4 is 23.4 Å². The quantitative estimate of drug-likeness (QED) is 0.870. The summed E-state index contributed by atoms with van der Waals surface area (Å²) in [6.07, 6.45) is 2.69. The van der Waals surface area contributed by atoms with Crippen molar-refractivity contribution in [3.05, 3.63) is 53.5 Å². The summed E-state index contributed by atoms with van der Waals surface area (Å²) in [6, 6.07) is 8.70. The fraction of sp³-hybridized carbons (Fsp3) is 0.350. The minimum absolute atomic E-state index is 0.0677. The lowest BCUT2D eigenvalue weighted by molar-refractivity contribution is -0.119. The number of benzene rings is 1. The van der Waals surface area contributed by atoms with E-state index in [0.717, 1.165) is 6.42 Å². The molecule has 0 spiro atoms. The van der Waals surface area contributed by atoms with Crippen molar-refractivity contribution in [1.29, 1.82) is 0 Å². The third-order valence-electron chi connectivity index (χ3n) is 5.37. The Labute approximate surface area is 156 Å². The molecule has 0 unspecified atom stereocenters. The molecule has 7 nitrogen and oxygen atoms in total. The molecule has 2 atom stereocenters. The Hall–Kier alpha value is -3.09. The van der Waals surface area contributed by atoms with Crippen LogP contribution in [-0.4, -0.2) is 41.8 Å². The van der Waals surface area contributed by atoms with Crippen LogP contribution in [0.15, 0.2) is 41.0 Å². The van der Waals surface area contributed by atoms with Crippen molar-refractivity contribution in [3.63, 3.8) is 0 Å². The first-order chi connectivity index (χ1) is 13.0. The first-order valence-electron chi connectivity index (χ1n) is 9.06. The van der Waals surface area contributed by atoms with Crippen LogP contribution in [0.4, 0.5) is 5.69 Å². The van der Waals surface area contributed by atoms with Crippen LogP contribution in [0.1, 0.15) is 39.3 Å². The number of piperidine rings is 1. The van der Waals surface area contributed by atoms with Crippen LogP contribution in [-0.2, 0) is 4.79 Å². The van der Waals surface area contributed by atoms with Crippen molar-refractivity contribution < 1.29 is 18.8 Å². The van der Waals surface area contributed by atoms with Gasteiger partial charge in [-0.05, 0) is 43.2 Å². The average molecular weight is 367 g/mol. The Bertz CT molecular complexity index is 891. The van der Waals surface area contributed by atoms with Crippen molar-refractivity contribution in [3.8, 4) is 0 Å². The summed E-state index contributed by atoms with van der Waals surface area (Å²) in [5.74, 6) is 0.0329. The number of carbonyl (C=O) groups excluding carboxylic acids is 3. The Kier molecular flexibility index (Phi) is 4.43. The lowest BCUT2D eigenvalue weighted by Crippen LogP contribution is -2.47. The van der Waals surface area contributed by atoms with Gasteiger partial charge in [0.15, 0.2) is 5.76 Å². The maximum Gasteiger partial charge on any atom is 0.291 e. The summed E-state index contributed by atoms with van der Waals surface area (Å²) in [6.45, 7) is 3.01. The highest BCUT2D eigenvalue weighted by atomic mass is 16.3. The molecule has 1 aromatic heterocycles. The molecule has 2 N–H and O–H groups in total. The molecule has 0 bridgehead atoms. The number of anilines is 1. The van der Waals surface area contributed by atoms with Crippen LogP contribution >= 0.6 is 0 Å². The highest BCUT2D eigenvalue weighted by molar-refractivity contribution is 6.04. The Morgan fingerprint density at radius 2 is 2.11 bits per heavy atom.